The molecule has 138 valence electrons. The van der Waals surface area contributed by atoms with Crippen LogP contribution < -0.4 is 0 Å². The molecule has 4 aliphatic rings. The van der Waals surface area contributed by atoms with E-state index >= 15 is 0 Å². The highest BCUT2D eigenvalue weighted by Gasteiger charge is 2.56. The van der Waals surface area contributed by atoms with Gasteiger partial charge in [0, 0.05) is 36.3 Å². The van der Waals surface area contributed by atoms with Gasteiger partial charge >= 0.3 is 0 Å². The Bertz CT molecular complexity index is 789. The van der Waals surface area contributed by atoms with Crippen LogP contribution in [-0.4, -0.2) is 15.3 Å². The Balaban J connectivity index is 1.49. The summed E-state index contributed by atoms with van der Waals surface area (Å²) in [6, 6.07) is 0. The molecule has 0 amide bonds. The second-order valence-electron chi connectivity index (χ2n) is 9.58. The Morgan fingerprint density at radius 3 is 2.81 bits per heavy atom. The van der Waals surface area contributed by atoms with Crippen LogP contribution in [0.4, 0.5) is 0 Å². The molecule has 1 aromatic heterocycles. The van der Waals surface area contributed by atoms with E-state index in [4.69, 9.17) is 0 Å². The number of hydrogen-bond donors (Lipinski definition) is 0. The number of hydrogen-bond acceptors (Lipinski definition) is 2. The molecule has 2 fully saturated rings. The Kier molecular flexibility index (Phi) is 3.61. The topological polar surface area (TPSA) is 34.9 Å². The molecular weight excluding hydrogens is 320 g/mol. The van der Waals surface area contributed by atoms with Gasteiger partial charge in [0.1, 0.15) is 5.78 Å². The highest BCUT2D eigenvalue weighted by molar-refractivity contribution is 5.81. The molecule has 3 nitrogen and oxygen atoms in total. The first-order valence-corrected chi connectivity index (χ1v) is 10.4. The van der Waals surface area contributed by atoms with E-state index in [2.05, 4.69) is 41.7 Å². The average Bonchev–Trinajstić information content (AvgIpc) is 3.20. The first-order valence-electron chi connectivity index (χ1n) is 10.4. The van der Waals surface area contributed by atoms with Crippen LogP contribution in [0.1, 0.15) is 65.2 Å². The zero-order valence-corrected chi connectivity index (χ0v) is 16.1. The lowest BCUT2D eigenvalue weighted by Gasteiger charge is -2.56. The minimum atomic E-state index is 0.258. The van der Waals surface area contributed by atoms with Crippen molar-refractivity contribution in [2.45, 2.75) is 65.2 Å². The van der Waals surface area contributed by atoms with Crippen LogP contribution in [0.5, 0.6) is 0 Å². The maximum atomic E-state index is 12.2. The number of Topliss-reactive ketones (excluding diaryl/α,β-unsaturated/α-hetero) is 1. The molecule has 1 heterocycles. The summed E-state index contributed by atoms with van der Waals surface area (Å²) in [5, 5.41) is 0. The van der Waals surface area contributed by atoms with Gasteiger partial charge in [-0.25, -0.2) is 4.98 Å². The van der Waals surface area contributed by atoms with Crippen molar-refractivity contribution in [2.24, 2.45) is 28.6 Å². The van der Waals surface area contributed by atoms with Crippen LogP contribution in [0.2, 0.25) is 0 Å². The number of fused-ring (bicyclic) bond motifs is 5. The Morgan fingerprint density at radius 2 is 2.00 bits per heavy atom. The lowest BCUT2D eigenvalue weighted by molar-refractivity contribution is -0.118. The second-order valence-corrected chi connectivity index (χ2v) is 9.58. The summed E-state index contributed by atoms with van der Waals surface area (Å²) < 4.78 is 2.25. The highest BCUT2D eigenvalue weighted by Crippen LogP contribution is 2.65. The summed E-state index contributed by atoms with van der Waals surface area (Å²) in [4.78, 5) is 16.5. The summed E-state index contributed by atoms with van der Waals surface area (Å²) in [6.07, 6.45) is 19.6. The fourth-order valence-corrected chi connectivity index (χ4v) is 7.08. The molecule has 0 N–H and O–H groups in total. The van der Waals surface area contributed by atoms with E-state index in [-0.39, 0.29) is 10.8 Å². The van der Waals surface area contributed by atoms with E-state index in [0.717, 1.165) is 37.0 Å². The van der Waals surface area contributed by atoms with E-state index in [1.807, 2.05) is 12.5 Å². The lowest BCUT2D eigenvalue weighted by Crippen LogP contribution is -2.48. The van der Waals surface area contributed by atoms with Crippen LogP contribution in [-0.2, 0) is 4.79 Å². The normalized spacial score (nSPS) is 42.2. The maximum Gasteiger partial charge on any atom is 0.136 e. The molecule has 26 heavy (non-hydrogen) atoms. The number of carbonyl (C=O) groups is 1. The minimum absolute atomic E-state index is 0.258. The minimum Gasteiger partial charge on any atom is -0.310 e. The molecule has 4 aliphatic carbocycles. The van der Waals surface area contributed by atoms with Crippen molar-refractivity contribution >= 4 is 11.5 Å². The molecular formula is C23H30N2O. The van der Waals surface area contributed by atoms with Crippen molar-refractivity contribution in [3.63, 3.8) is 0 Å². The molecule has 0 spiro atoms. The number of carbonyl (C=O) groups excluding carboxylic acids is 1. The summed E-state index contributed by atoms with van der Waals surface area (Å²) in [6.45, 7) is 4.97. The summed E-state index contributed by atoms with van der Waals surface area (Å²) in [5.41, 5.74) is 3.47. The van der Waals surface area contributed by atoms with Crippen molar-refractivity contribution < 1.29 is 4.79 Å². The molecule has 5 atom stereocenters. The van der Waals surface area contributed by atoms with Gasteiger partial charge in [-0.05, 0) is 61.7 Å². The van der Waals surface area contributed by atoms with E-state index in [9.17, 15) is 4.79 Å². The van der Waals surface area contributed by atoms with Gasteiger partial charge in [0.2, 0.25) is 0 Å². The Hall–Kier alpha value is -1.64. The molecule has 0 radical (unpaired) electrons. The molecule has 0 aromatic carbocycles. The molecule has 3 heteroatoms. The molecule has 0 saturated heterocycles. The van der Waals surface area contributed by atoms with E-state index in [1.54, 1.807) is 0 Å². The zero-order valence-electron chi connectivity index (χ0n) is 16.1. The molecule has 1 aromatic rings. The summed E-state index contributed by atoms with van der Waals surface area (Å²) in [7, 11) is 0. The Morgan fingerprint density at radius 1 is 1.12 bits per heavy atom. The number of imidazole rings is 1. The highest BCUT2D eigenvalue weighted by atomic mass is 16.1. The van der Waals surface area contributed by atoms with Gasteiger partial charge in [-0.1, -0.05) is 31.6 Å². The summed E-state index contributed by atoms with van der Waals surface area (Å²) in [5.74, 6) is 2.70. The van der Waals surface area contributed by atoms with Crippen LogP contribution in [0.15, 0.2) is 36.4 Å². The quantitative estimate of drug-likeness (QED) is 0.648. The van der Waals surface area contributed by atoms with Crippen molar-refractivity contribution in [2.75, 3.05) is 0 Å². The van der Waals surface area contributed by atoms with Crippen LogP contribution in [0, 0.1) is 28.6 Å². The van der Waals surface area contributed by atoms with E-state index in [1.165, 1.54) is 43.4 Å². The van der Waals surface area contributed by atoms with Gasteiger partial charge in [-0.15, -0.1) is 0 Å². The van der Waals surface area contributed by atoms with Gasteiger partial charge in [0.05, 0.1) is 6.33 Å². The SMILES string of the molecule is C[C@]12CCCC(=O)CC1=CC[C@@H]1[C@@H]2CC[C@]2(C)C(n3ccnc3)=CC[C@@H]12. The molecule has 2 saturated carbocycles. The molecule has 0 bridgehead atoms. The van der Waals surface area contributed by atoms with Gasteiger partial charge in [0.25, 0.3) is 0 Å². The van der Waals surface area contributed by atoms with Gasteiger partial charge in [-0.2, -0.15) is 0 Å². The number of aromatic nitrogens is 2. The fourth-order valence-electron chi connectivity index (χ4n) is 7.08. The van der Waals surface area contributed by atoms with Crippen molar-refractivity contribution in [1.82, 2.24) is 9.55 Å². The first kappa shape index (κ1) is 16.5. The number of allylic oxidation sites excluding steroid dienone is 4. The van der Waals surface area contributed by atoms with Crippen LogP contribution in [0.3, 0.4) is 0 Å². The van der Waals surface area contributed by atoms with Gasteiger partial charge in [-0.3, -0.25) is 4.79 Å². The standard InChI is InChI=1S/C23H30N2O/c1-22-10-3-4-17(26)14-16(22)5-6-18-19-7-8-21(25-13-12-24-15-25)23(19,2)11-9-20(18)22/h5,8,12-13,15,18-20H,3-4,6-7,9-11,14H2,1-2H3/t18-,19-,20-,22-,23-/m0/s1. The number of ketones is 1. The second kappa shape index (κ2) is 5.68. The van der Waals surface area contributed by atoms with Gasteiger partial charge in [0.15, 0.2) is 0 Å². The third-order valence-electron chi connectivity index (χ3n) is 8.49. The molecule has 5 rings (SSSR count). The van der Waals surface area contributed by atoms with Crippen LogP contribution in [0.25, 0.3) is 5.70 Å². The Labute approximate surface area is 156 Å². The van der Waals surface area contributed by atoms with Crippen molar-refractivity contribution in [1.29, 1.82) is 0 Å². The smallest absolute Gasteiger partial charge is 0.136 e. The largest absolute Gasteiger partial charge is 0.310 e. The average molecular weight is 351 g/mol. The number of nitrogens with zero attached hydrogens (tertiary/aromatic N) is 2. The number of rotatable bonds is 1. The van der Waals surface area contributed by atoms with Crippen molar-refractivity contribution in [3.8, 4) is 0 Å². The van der Waals surface area contributed by atoms with Gasteiger partial charge < -0.3 is 4.57 Å². The first-order chi connectivity index (χ1) is 12.5. The molecule has 0 unspecified atom stereocenters. The van der Waals surface area contributed by atoms with E-state index < -0.39 is 0 Å². The predicted molar refractivity (Wildman–Crippen MR) is 103 cm³/mol. The third-order valence-corrected chi connectivity index (χ3v) is 8.49. The van der Waals surface area contributed by atoms with Crippen LogP contribution >= 0.6 is 0 Å². The van der Waals surface area contributed by atoms with Crippen molar-refractivity contribution in [3.05, 3.63) is 36.4 Å². The maximum absolute atomic E-state index is 12.2. The lowest BCUT2D eigenvalue weighted by atomic mass is 9.49. The summed E-state index contributed by atoms with van der Waals surface area (Å²) >= 11 is 0. The van der Waals surface area contributed by atoms with E-state index in [0.29, 0.717) is 5.78 Å². The monoisotopic (exact) mass is 350 g/mol. The zero-order chi connectivity index (χ0) is 17.9. The molecule has 0 aliphatic heterocycles. The predicted octanol–water partition coefficient (Wildman–Crippen LogP) is 5.26. The third kappa shape index (κ3) is 2.18. The fraction of sp³-hybridized carbons (Fsp3) is 0.652.